The van der Waals surface area contributed by atoms with Gasteiger partial charge in [0.2, 0.25) is 0 Å². The van der Waals surface area contributed by atoms with E-state index in [-0.39, 0.29) is 12.0 Å². The number of carbonyl (C=O) groups excluding carboxylic acids is 1. The van der Waals surface area contributed by atoms with Crippen LogP contribution in [0.4, 0.5) is 0 Å². The van der Waals surface area contributed by atoms with Crippen LogP contribution in [0.1, 0.15) is 30.4 Å². The van der Waals surface area contributed by atoms with Gasteiger partial charge in [-0.15, -0.1) is 0 Å². The SMILES string of the molecule is COC(=O)C(CCOc1cc(C)ccc1C)NC1CC1. The Hall–Kier alpha value is -1.55. The molecule has 0 radical (unpaired) electrons. The molecule has 2 rings (SSSR count). The highest BCUT2D eigenvalue weighted by Gasteiger charge is 2.28. The zero-order valence-electron chi connectivity index (χ0n) is 12.4. The summed E-state index contributed by atoms with van der Waals surface area (Å²) in [5, 5.41) is 3.30. The predicted octanol–water partition coefficient (Wildman–Crippen LogP) is 2.37. The van der Waals surface area contributed by atoms with E-state index in [1.54, 1.807) is 0 Å². The van der Waals surface area contributed by atoms with Crippen LogP contribution in [-0.2, 0) is 9.53 Å². The van der Waals surface area contributed by atoms with Crippen LogP contribution >= 0.6 is 0 Å². The molecule has 0 spiro atoms. The fraction of sp³-hybridized carbons (Fsp3) is 0.562. The Labute approximate surface area is 120 Å². The lowest BCUT2D eigenvalue weighted by Crippen LogP contribution is -2.40. The monoisotopic (exact) mass is 277 g/mol. The molecule has 1 aromatic carbocycles. The molecule has 1 aliphatic carbocycles. The number of aryl methyl sites for hydroxylation is 2. The molecule has 110 valence electrons. The third-order valence-electron chi connectivity index (χ3n) is 3.51. The number of hydrogen-bond acceptors (Lipinski definition) is 4. The summed E-state index contributed by atoms with van der Waals surface area (Å²) in [4.78, 5) is 11.7. The van der Waals surface area contributed by atoms with Gasteiger partial charge in [0, 0.05) is 12.5 Å². The van der Waals surface area contributed by atoms with E-state index in [2.05, 4.69) is 11.4 Å². The van der Waals surface area contributed by atoms with Crippen molar-refractivity contribution < 1.29 is 14.3 Å². The lowest BCUT2D eigenvalue weighted by molar-refractivity contribution is -0.143. The second-order valence-electron chi connectivity index (χ2n) is 5.42. The van der Waals surface area contributed by atoms with Gasteiger partial charge >= 0.3 is 5.97 Å². The Bertz CT molecular complexity index is 469. The first-order valence-corrected chi connectivity index (χ1v) is 7.14. The molecule has 1 aromatic rings. The summed E-state index contributed by atoms with van der Waals surface area (Å²) in [6.07, 6.45) is 2.91. The number of esters is 1. The standard InChI is InChI=1S/C16H23NO3/c1-11-4-5-12(2)15(10-11)20-9-8-14(16(18)19-3)17-13-6-7-13/h4-5,10,13-14,17H,6-9H2,1-3H3. The Morgan fingerprint density at radius 2 is 2.15 bits per heavy atom. The number of ether oxygens (including phenoxy) is 2. The number of hydrogen-bond donors (Lipinski definition) is 1. The molecule has 1 saturated carbocycles. The first-order valence-electron chi connectivity index (χ1n) is 7.14. The van der Waals surface area contributed by atoms with E-state index in [1.165, 1.54) is 12.7 Å². The molecule has 0 aromatic heterocycles. The second kappa shape index (κ2) is 6.75. The van der Waals surface area contributed by atoms with Crippen molar-refractivity contribution in [2.24, 2.45) is 0 Å². The van der Waals surface area contributed by atoms with Crippen molar-refractivity contribution in [3.05, 3.63) is 29.3 Å². The first kappa shape index (κ1) is 14.9. The van der Waals surface area contributed by atoms with Crippen LogP contribution in [0.2, 0.25) is 0 Å². The zero-order chi connectivity index (χ0) is 14.5. The Balaban J connectivity index is 1.85. The van der Waals surface area contributed by atoms with Gasteiger partial charge in [-0.25, -0.2) is 0 Å². The van der Waals surface area contributed by atoms with Crippen LogP contribution in [0.15, 0.2) is 18.2 Å². The fourth-order valence-electron chi connectivity index (χ4n) is 2.10. The number of benzene rings is 1. The van der Waals surface area contributed by atoms with E-state index in [0.717, 1.165) is 24.2 Å². The molecule has 1 atom stereocenters. The number of carbonyl (C=O) groups is 1. The van der Waals surface area contributed by atoms with E-state index in [0.29, 0.717) is 19.1 Å². The summed E-state index contributed by atoms with van der Waals surface area (Å²) >= 11 is 0. The highest BCUT2D eigenvalue weighted by atomic mass is 16.5. The van der Waals surface area contributed by atoms with Crippen LogP contribution in [0.25, 0.3) is 0 Å². The Kier molecular flexibility index (Phi) is 5.01. The fourth-order valence-corrected chi connectivity index (χ4v) is 2.10. The average molecular weight is 277 g/mol. The molecule has 20 heavy (non-hydrogen) atoms. The van der Waals surface area contributed by atoms with Gasteiger partial charge in [-0.2, -0.15) is 0 Å². The molecular formula is C16H23NO3. The molecule has 1 fully saturated rings. The van der Waals surface area contributed by atoms with Gasteiger partial charge in [-0.05, 0) is 43.9 Å². The molecular weight excluding hydrogens is 254 g/mol. The molecule has 0 bridgehead atoms. The van der Waals surface area contributed by atoms with Crippen molar-refractivity contribution in [1.29, 1.82) is 0 Å². The van der Waals surface area contributed by atoms with Gasteiger partial charge < -0.3 is 14.8 Å². The number of nitrogens with one attached hydrogen (secondary N) is 1. The van der Waals surface area contributed by atoms with Crippen LogP contribution in [0.3, 0.4) is 0 Å². The predicted molar refractivity (Wildman–Crippen MR) is 78.0 cm³/mol. The van der Waals surface area contributed by atoms with Gasteiger partial charge in [0.05, 0.1) is 13.7 Å². The molecule has 1 N–H and O–H groups in total. The van der Waals surface area contributed by atoms with Gasteiger partial charge in [-0.1, -0.05) is 12.1 Å². The van der Waals surface area contributed by atoms with Crippen molar-refractivity contribution >= 4 is 5.97 Å². The van der Waals surface area contributed by atoms with Gasteiger partial charge in [0.1, 0.15) is 11.8 Å². The van der Waals surface area contributed by atoms with Crippen molar-refractivity contribution in [2.45, 2.75) is 45.2 Å². The molecule has 0 aliphatic heterocycles. The van der Waals surface area contributed by atoms with Crippen LogP contribution in [0, 0.1) is 13.8 Å². The molecule has 1 unspecified atom stereocenters. The smallest absolute Gasteiger partial charge is 0.322 e. The summed E-state index contributed by atoms with van der Waals surface area (Å²) in [5.74, 6) is 0.682. The van der Waals surface area contributed by atoms with Crippen molar-refractivity contribution in [1.82, 2.24) is 5.32 Å². The summed E-state index contributed by atoms with van der Waals surface area (Å²) in [6, 6.07) is 6.34. The van der Waals surface area contributed by atoms with Crippen molar-refractivity contribution in [2.75, 3.05) is 13.7 Å². The lowest BCUT2D eigenvalue weighted by atomic mass is 10.1. The highest BCUT2D eigenvalue weighted by molar-refractivity contribution is 5.75. The Morgan fingerprint density at radius 3 is 2.80 bits per heavy atom. The van der Waals surface area contributed by atoms with Crippen LogP contribution in [0.5, 0.6) is 5.75 Å². The van der Waals surface area contributed by atoms with Crippen molar-refractivity contribution in [3.8, 4) is 5.75 Å². The molecule has 0 heterocycles. The second-order valence-corrected chi connectivity index (χ2v) is 5.42. The third-order valence-corrected chi connectivity index (χ3v) is 3.51. The van der Waals surface area contributed by atoms with E-state index >= 15 is 0 Å². The quantitative estimate of drug-likeness (QED) is 0.777. The van der Waals surface area contributed by atoms with Gasteiger partial charge in [0.25, 0.3) is 0 Å². The number of methoxy groups -OCH3 is 1. The minimum atomic E-state index is -0.266. The number of rotatable bonds is 7. The zero-order valence-corrected chi connectivity index (χ0v) is 12.4. The minimum absolute atomic E-state index is 0.207. The molecule has 1 aliphatic rings. The maximum absolute atomic E-state index is 11.7. The Morgan fingerprint density at radius 1 is 1.40 bits per heavy atom. The molecule has 0 amide bonds. The average Bonchev–Trinajstić information content (AvgIpc) is 3.24. The highest BCUT2D eigenvalue weighted by Crippen LogP contribution is 2.21. The van der Waals surface area contributed by atoms with Gasteiger partial charge in [0.15, 0.2) is 0 Å². The normalized spacial score (nSPS) is 15.8. The molecule has 0 saturated heterocycles. The summed E-state index contributed by atoms with van der Waals surface area (Å²) in [5.41, 5.74) is 2.28. The van der Waals surface area contributed by atoms with Gasteiger partial charge in [-0.3, -0.25) is 4.79 Å². The maximum Gasteiger partial charge on any atom is 0.322 e. The van der Waals surface area contributed by atoms with E-state index in [9.17, 15) is 4.79 Å². The maximum atomic E-state index is 11.7. The molecule has 4 heteroatoms. The summed E-state index contributed by atoms with van der Waals surface area (Å²) in [7, 11) is 1.43. The van der Waals surface area contributed by atoms with E-state index in [4.69, 9.17) is 9.47 Å². The third kappa shape index (κ3) is 4.23. The van der Waals surface area contributed by atoms with Crippen molar-refractivity contribution in [3.63, 3.8) is 0 Å². The topological polar surface area (TPSA) is 47.6 Å². The molecule has 4 nitrogen and oxygen atoms in total. The summed E-state index contributed by atoms with van der Waals surface area (Å²) < 4.78 is 10.6. The van der Waals surface area contributed by atoms with Crippen LogP contribution in [-0.4, -0.2) is 31.8 Å². The lowest BCUT2D eigenvalue weighted by Gasteiger charge is -2.17. The van der Waals surface area contributed by atoms with E-state index < -0.39 is 0 Å². The minimum Gasteiger partial charge on any atom is -0.493 e. The largest absolute Gasteiger partial charge is 0.493 e. The van der Waals surface area contributed by atoms with E-state index in [1.807, 2.05) is 26.0 Å². The first-order chi connectivity index (χ1) is 9.60. The van der Waals surface area contributed by atoms with Crippen LogP contribution < -0.4 is 10.1 Å². The summed E-state index contributed by atoms with van der Waals surface area (Å²) in [6.45, 7) is 4.57.